The maximum Gasteiger partial charge on any atom is 0.338 e. The summed E-state index contributed by atoms with van der Waals surface area (Å²) in [5.41, 5.74) is 4.31. The van der Waals surface area contributed by atoms with Gasteiger partial charge in [-0.05, 0) is 84.6 Å². The summed E-state index contributed by atoms with van der Waals surface area (Å²) in [6, 6.07) is 38.8. The molecule has 1 aromatic heterocycles. The van der Waals surface area contributed by atoms with Gasteiger partial charge in [-0.25, -0.2) is 19.2 Å². The molecule has 6 aromatic rings. The first-order valence-corrected chi connectivity index (χ1v) is 20.5. The molecule has 1 aliphatic heterocycles. The number of H-pyrrole nitrogens is 1. The Hall–Kier alpha value is -6.57. The molecule has 0 amide bonds. The molecule has 12 nitrogen and oxygen atoms in total. The second kappa shape index (κ2) is 19.7. The molecule has 1 saturated heterocycles. The minimum atomic E-state index is -1.59. The molecular weight excluding hydrogens is 844 g/mol. The van der Waals surface area contributed by atoms with Crippen molar-refractivity contribution in [2.75, 3.05) is 6.61 Å². The second-order valence-corrected chi connectivity index (χ2v) is 15.6. The summed E-state index contributed by atoms with van der Waals surface area (Å²) >= 11 is 3.55. The summed E-state index contributed by atoms with van der Waals surface area (Å²) in [4.78, 5) is 55.3. The maximum absolute atomic E-state index is 14.0. The van der Waals surface area contributed by atoms with E-state index in [0.717, 1.165) is 21.3 Å². The van der Waals surface area contributed by atoms with Crippen LogP contribution in [0.25, 0.3) is 0 Å². The number of aromatic amines is 1. The van der Waals surface area contributed by atoms with Gasteiger partial charge in [0.25, 0.3) is 0 Å². The van der Waals surface area contributed by atoms with Gasteiger partial charge >= 0.3 is 23.9 Å². The molecule has 312 valence electrons. The van der Waals surface area contributed by atoms with E-state index in [4.69, 9.17) is 28.4 Å². The molecule has 1 N–H and O–H groups in total. The summed E-state index contributed by atoms with van der Waals surface area (Å²) in [7, 11) is 0. The van der Waals surface area contributed by atoms with Crippen molar-refractivity contribution in [1.29, 1.82) is 0 Å². The smallest absolute Gasteiger partial charge is 0.338 e. The number of carbonyl (C=O) groups is 4. The lowest BCUT2D eigenvalue weighted by molar-refractivity contribution is -0.276. The number of hydrogen-bond acceptors (Lipinski definition) is 11. The van der Waals surface area contributed by atoms with Crippen LogP contribution in [0.2, 0.25) is 0 Å². The van der Waals surface area contributed by atoms with Crippen LogP contribution in [-0.4, -0.2) is 71.4 Å². The van der Waals surface area contributed by atoms with E-state index in [-0.39, 0.29) is 34.1 Å². The number of carbonyl (C=O) groups excluding carboxylic acids is 4. The Morgan fingerprint density at radius 2 is 1.13 bits per heavy atom. The molecule has 0 saturated carbocycles. The third-order valence-corrected chi connectivity index (χ3v) is 10.6. The Morgan fingerprint density at radius 1 is 0.656 bits per heavy atom. The molecule has 1 fully saturated rings. The van der Waals surface area contributed by atoms with Crippen LogP contribution in [0.5, 0.6) is 5.88 Å². The Kier molecular flexibility index (Phi) is 13.7. The quantitative estimate of drug-likeness (QED) is 0.0825. The summed E-state index contributed by atoms with van der Waals surface area (Å²) in [5, 5.41) is 7.68. The van der Waals surface area contributed by atoms with Gasteiger partial charge in [-0.3, -0.25) is 5.10 Å². The van der Waals surface area contributed by atoms with Crippen LogP contribution in [0.15, 0.2) is 144 Å². The Balaban J connectivity index is 1.33. The number of nitrogens with one attached hydrogen (secondary N) is 1. The van der Waals surface area contributed by atoms with E-state index in [1.54, 1.807) is 121 Å². The van der Waals surface area contributed by atoms with E-state index in [0.29, 0.717) is 12.0 Å². The number of nitrogens with zero attached hydrogens (tertiary/aromatic N) is 1. The van der Waals surface area contributed by atoms with Crippen molar-refractivity contribution in [2.45, 2.75) is 63.8 Å². The Bertz CT molecular complexity index is 2440. The number of benzene rings is 5. The summed E-state index contributed by atoms with van der Waals surface area (Å²) < 4.78 is 38.6. The molecule has 0 radical (unpaired) electrons. The normalized spacial score (nSPS) is 18.5. The van der Waals surface area contributed by atoms with Crippen LogP contribution in [0.3, 0.4) is 0 Å². The van der Waals surface area contributed by atoms with Gasteiger partial charge in [-0.2, -0.15) is 0 Å². The first kappa shape index (κ1) is 42.6. The summed E-state index contributed by atoms with van der Waals surface area (Å²) in [6.07, 6.45) is -7.20. The number of hydrogen-bond donors (Lipinski definition) is 1. The monoisotopic (exact) mass is 886 g/mol. The highest BCUT2D eigenvalue weighted by atomic mass is 79.9. The van der Waals surface area contributed by atoms with Gasteiger partial charge in [0.15, 0.2) is 12.2 Å². The molecule has 1 unspecified atom stereocenters. The van der Waals surface area contributed by atoms with Gasteiger partial charge in [-0.15, -0.1) is 5.10 Å². The number of halogens is 1. The highest BCUT2D eigenvalue weighted by Crippen LogP contribution is 2.35. The Morgan fingerprint density at radius 3 is 1.62 bits per heavy atom. The van der Waals surface area contributed by atoms with Crippen molar-refractivity contribution in [3.63, 3.8) is 0 Å². The molecule has 61 heavy (non-hydrogen) atoms. The molecule has 5 atom stereocenters. The number of ether oxygens (including phenoxy) is 6. The van der Waals surface area contributed by atoms with Crippen LogP contribution in [-0.2, 0) is 30.1 Å². The standard InChI is InChI=1S/C48H43BrN2O10/c1-29(2)39-37(27-35-24-25-36(49)26-30(35)3)43(51-50-39)61-48-42(60-47(55)34-22-14-7-15-23-34)41(59-46(54)33-20-12-6-13-21-33)40(58-45(53)32-18-10-5-11-19-32)38(57-48)28-56-44(52)31-16-8-4-9-17-31/h4-26,29,38,40-42,48H,27-28H2,1-3H3,(H,50,51)/t38?,40-,41+,42-,48+/m1/s1. The first-order valence-electron chi connectivity index (χ1n) is 19.7. The molecule has 0 spiro atoms. The average molecular weight is 888 g/mol. The Labute approximate surface area is 361 Å². The zero-order valence-electron chi connectivity index (χ0n) is 33.6. The third-order valence-electron chi connectivity index (χ3n) is 10.1. The minimum absolute atomic E-state index is 0.0129. The summed E-state index contributed by atoms with van der Waals surface area (Å²) in [5.74, 6) is -3.00. The van der Waals surface area contributed by atoms with Gasteiger partial charge in [0.1, 0.15) is 12.7 Å². The van der Waals surface area contributed by atoms with E-state index in [9.17, 15) is 19.2 Å². The van der Waals surface area contributed by atoms with E-state index in [1.165, 1.54) is 0 Å². The van der Waals surface area contributed by atoms with Crippen molar-refractivity contribution in [1.82, 2.24) is 10.2 Å². The second-order valence-electron chi connectivity index (χ2n) is 14.7. The highest BCUT2D eigenvalue weighted by Gasteiger charge is 2.54. The van der Waals surface area contributed by atoms with E-state index < -0.39 is 61.2 Å². The maximum atomic E-state index is 14.0. The van der Waals surface area contributed by atoms with Gasteiger partial charge in [0.05, 0.1) is 22.3 Å². The lowest BCUT2D eigenvalue weighted by atomic mass is 9.96. The topological polar surface area (TPSA) is 152 Å². The lowest BCUT2D eigenvalue weighted by Gasteiger charge is -2.44. The van der Waals surface area contributed by atoms with Gasteiger partial charge < -0.3 is 28.4 Å². The van der Waals surface area contributed by atoms with E-state index in [1.807, 2.05) is 39.0 Å². The molecule has 1 aliphatic rings. The first-order chi connectivity index (χ1) is 29.5. The predicted octanol–water partition coefficient (Wildman–Crippen LogP) is 8.83. The molecule has 2 heterocycles. The van der Waals surface area contributed by atoms with Crippen LogP contribution in [0, 0.1) is 6.92 Å². The fraction of sp³-hybridized carbons (Fsp3) is 0.229. The molecular formula is C48H43BrN2O10. The number of rotatable bonds is 14. The number of esters is 4. The highest BCUT2D eigenvalue weighted by molar-refractivity contribution is 9.10. The lowest BCUT2D eigenvalue weighted by Crippen LogP contribution is -2.64. The zero-order chi connectivity index (χ0) is 42.9. The van der Waals surface area contributed by atoms with Crippen LogP contribution >= 0.6 is 15.9 Å². The third kappa shape index (κ3) is 10.4. The number of aromatic nitrogens is 2. The molecule has 0 aliphatic carbocycles. The SMILES string of the molecule is Cc1cc(Br)ccc1Cc1c(O[C@@H]2OC(COC(=O)c3ccccc3)[C@@H](OC(=O)c3ccccc3)[C@H](OC(=O)c3ccccc3)[C@H]2OC(=O)c2ccccc2)n[nH]c1C(C)C. The van der Waals surface area contributed by atoms with Crippen LogP contribution in [0.4, 0.5) is 0 Å². The van der Waals surface area contributed by atoms with Crippen LogP contribution in [0.1, 0.15) is 83.6 Å². The van der Waals surface area contributed by atoms with Gasteiger partial charge in [0.2, 0.25) is 18.3 Å². The number of aryl methyl sites for hydroxylation is 1. The van der Waals surface area contributed by atoms with Crippen LogP contribution < -0.4 is 4.74 Å². The minimum Gasteiger partial charge on any atom is -0.459 e. The van der Waals surface area contributed by atoms with Crippen molar-refractivity contribution >= 4 is 39.8 Å². The van der Waals surface area contributed by atoms with Crippen molar-refractivity contribution in [3.8, 4) is 5.88 Å². The molecule has 0 bridgehead atoms. The van der Waals surface area contributed by atoms with Gasteiger partial charge in [-0.1, -0.05) is 109 Å². The largest absolute Gasteiger partial charge is 0.459 e. The van der Waals surface area contributed by atoms with Crippen molar-refractivity contribution in [2.24, 2.45) is 0 Å². The van der Waals surface area contributed by atoms with Crippen molar-refractivity contribution < 1.29 is 47.6 Å². The van der Waals surface area contributed by atoms with Gasteiger partial charge in [0, 0.05) is 22.2 Å². The fourth-order valence-electron chi connectivity index (χ4n) is 6.89. The predicted molar refractivity (Wildman–Crippen MR) is 227 cm³/mol. The van der Waals surface area contributed by atoms with E-state index in [2.05, 4.69) is 26.1 Å². The van der Waals surface area contributed by atoms with E-state index >= 15 is 0 Å². The molecule has 7 rings (SSSR count). The molecule has 5 aromatic carbocycles. The fourth-order valence-corrected chi connectivity index (χ4v) is 7.36. The van der Waals surface area contributed by atoms with Crippen molar-refractivity contribution in [3.05, 3.63) is 189 Å². The summed E-state index contributed by atoms with van der Waals surface area (Å²) in [6.45, 7) is 5.53. The zero-order valence-corrected chi connectivity index (χ0v) is 35.2. The molecule has 13 heteroatoms. The average Bonchev–Trinajstić information content (AvgIpc) is 3.68.